The molecule has 0 heterocycles. The summed E-state index contributed by atoms with van der Waals surface area (Å²) in [6.07, 6.45) is 0. The molecule has 0 unspecified atom stereocenters. The van der Waals surface area contributed by atoms with E-state index in [4.69, 9.17) is 0 Å². The molecular formula is C12H18N2O3S. The Balaban J connectivity index is 2.60. The zero-order valence-electron chi connectivity index (χ0n) is 10.8. The monoisotopic (exact) mass is 270 g/mol. The number of rotatable bonds is 5. The van der Waals surface area contributed by atoms with Crippen molar-refractivity contribution in [3.05, 3.63) is 29.8 Å². The Morgan fingerprint density at radius 3 is 2.33 bits per heavy atom. The fourth-order valence-electron chi connectivity index (χ4n) is 1.36. The molecule has 100 valence electrons. The summed E-state index contributed by atoms with van der Waals surface area (Å²) in [5, 5.41) is 2.65. The maximum atomic E-state index is 11.7. The Bertz CT molecular complexity index is 509. The van der Waals surface area contributed by atoms with Crippen LogP contribution in [-0.2, 0) is 14.8 Å². The third-order valence-electron chi connectivity index (χ3n) is 2.54. The smallest absolute Gasteiger partial charge is 0.239 e. The number of carbonyl (C=O) groups is 1. The van der Waals surface area contributed by atoms with Crippen LogP contribution in [0.2, 0.25) is 0 Å². The van der Waals surface area contributed by atoms with Crippen LogP contribution in [0.5, 0.6) is 0 Å². The Kier molecular flexibility index (Phi) is 4.86. The average molecular weight is 270 g/mol. The van der Waals surface area contributed by atoms with Crippen LogP contribution in [0.1, 0.15) is 12.5 Å². The van der Waals surface area contributed by atoms with E-state index in [9.17, 15) is 13.2 Å². The van der Waals surface area contributed by atoms with Crippen molar-refractivity contribution < 1.29 is 13.2 Å². The average Bonchev–Trinajstić information content (AvgIpc) is 2.32. The number of hydrogen-bond donors (Lipinski definition) is 1. The molecule has 18 heavy (non-hydrogen) atoms. The Labute approximate surface area is 108 Å². The molecule has 1 rings (SSSR count). The van der Waals surface area contributed by atoms with Crippen LogP contribution >= 0.6 is 0 Å². The fraction of sp³-hybridized carbons (Fsp3) is 0.417. The van der Waals surface area contributed by atoms with Crippen molar-refractivity contribution in [1.29, 1.82) is 0 Å². The van der Waals surface area contributed by atoms with Crippen LogP contribution in [0.4, 0.5) is 5.69 Å². The third kappa shape index (κ3) is 4.12. The second-order valence-corrected chi connectivity index (χ2v) is 6.44. The normalized spacial score (nSPS) is 11.6. The molecule has 1 amide bonds. The van der Waals surface area contributed by atoms with Crippen molar-refractivity contribution in [2.75, 3.05) is 24.7 Å². The first kappa shape index (κ1) is 14.7. The summed E-state index contributed by atoms with van der Waals surface area (Å²) in [6, 6.07) is 7.31. The Morgan fingerprint density at radius 1 is 1.28 bits per heavy atom. The first-order valence-electron chi connectivity index (χ1n) is 5.65. The second-order valence-electron chi connectivity index (χ2n) is 4.07. The number of carbonyl (C=O) groups excluding carboxylic acids is 1. The van der Waals surface area contributed by atoms with Gasteiger partial charge >= 0.3 is 0 Å². The van der Waals surface area contributed by atoms with Crippen molar-refractivity contribution in [3.8, 4) is 0 Å². The van der Waals surface area contributed by atoms with Crippen molar-refractivity contribution in [1.82, 2.24) is 4.31 Å². The molecule has 0 saturated carbocycles. The van der Waals surface area contributed by atoms with Crippen molar-refractivity contribution in [3.63, 3.8) is 0 Å². The second kappa shape index (κ2) is 5.97. The van der Waals surface area contributed by atoms with Gasteiger partial charge in [0.15, 0.2) is 0 Å². The number of nitrogens with zero attached hydrogens (tertiary/aromatic N) is 1. The number of benzene rings is 1. The largest absolute Gasteiger partial charge is 0.325 e. The lowest BCUT2D eigenvalue weighted by Crippen LogP contribution is -2.35. The summed E-state index contributed by atoms with van der Waals surface area (Å²) in [4.78, 5) is 11.7. The molecule has 5 nitrogen and oxygen atoms in total. The van der Waals surface area contributed by atoms with Crippen LogP contribution < -0.4 is 5.32 Å². The summed E-state index contributed by atoms with van der Waals surface area (Å²) < 4.78 is 24.0. The minimum absolute atomic E-state index is 0.0126. The van der Waals surface area contributed by atoms with Crippen LogP contribution in [0.25, 0.3) is 0 Å². The van der Waals surface area contributed by atoms with Gasteiger partial charge in [-0.3, -0.25) is 4.79 Å². The predicted molar refractivity (Wildman–Crippen MR) is 71.9 cm³/mol. The summed E-state index contributed by atoms with van der Waals surface area (Å²) in [5.74, 6) is -0.361. The van der Waals surface area contributed by atoms with E-state index >= 15 is 0 Å². The van der Waals surface area contributed by atoms with E-state index in [-0.39, 0.29) is 18.2 Å². The predicted octanol–water partition coefficient (Wildman–Crippen LogP) is 1.22. The van der Waals surface area contributed by atoms with E-state index in [0.717, 1.165) is 9.87 Å². The number of aryl methyl sites for hydroxylation is 1. The summed E-state index contributed by atoms with van der Waals surface area (Å²) in [5.41, 5.74) is 1.76. The van der Waals surface area contributed by atoms with Crippen molar-refractivity contribution in [2.24, 2.45) is 0 Å². The van der Waals surface area contributed by atoms with Crippen LogP contribution in [0.15, 0.2) is 24.3 Å². The number of nitrogens with one attached hydrogen (secondary N) is 1. The van der Waals surface area contributed by atoms with Gasteiger partial charge < -0.3 is 5.32 Å². The molecule has 0 bridgehead atoms. The lowest BCUT2D eigenvalue weighted by molar-refractivity contribution is -0.116. The fourth-order valence-corrected chi connectivity index (χ4v) is 2.11. The molecule has 1 N–H and O–H groups in total. The molecule has 0 atom stereocenters. The van der Waals surface area contributed by atoms with Gasteiger partial charge in [-0.25, -0.2) is 8.42 Å². The molecule has 0 aromatic heterocycles. The summed E-state index contributed by atoms with van der Waals surface area (Å²) >= 11 is 0. The number of anilines is 1. The van der Waals surface area contributed by atoms with Crippen LogP contribution in [0.3, 0.4) is 0 Å². The van der Waals surface area contributed by atoms with Gasteiger partial charge in [-0.1, -0.05) is 17.7 Å². The molecule has 1 aromatic rings. The molecule has 0 radical (unpaired) electrons. The SMILES string of the molecule is CCS(=O)(=O)N(C)CC(=O)Nc1ccc(C)cc1. The van der Waals surface area contributed by atoms with Crippen LogP contribution in [0, 0.1) is 6.92 Å². The zero-order valence-corrected chi connectivity index (χ0v) is 11.6. The van der Waals surface area contributed by atoms with Gasteiger partial charge in [-0.2, -0.15) is 4.31 Å². The number of amides is 1. The van der Waals surface area contributed by atoms with E-state index in [0.29, 0.717) is 5.69 Å². The lowest BCUT2D eigenvalue weighted by atomic mass is 10.2. The van der Waals surface area contributed by atoms with Gasteiger partial charge in [0.1, 0.15) is 0 Å². The highest BCUT2D eigenvalue weighted by Crippen LogP contribution is 2.08. The van der Waals surface area contributed by atoms with Gasteiger partial charge in [0, 0.05) is 12.7 Å². The van der Waals surface area contributed by atoms with Gasteiger partial charge in [0.2, 0.25) is 15.9 Å². The van der Waals surface area contributed by atoms with Crippen molar-refractivity contribution >= 4 is 21.6 Å². The quantitative estimate of drug-likeness (QED) is 0.874. The van der Waals surface area contributed by atoms with Gasteiger partial charge in [-0.15, -0.1) is 0 Å². The molecule has 0 aliphatic heterocycles. The standard InChI is InChI=1S/C12H18N2O3S/c1-4-18(16,17)14(3)9-12(15)13-11-7-5-10(2)6-8-11/h5-8H,4,9H2,1-3H3,(H,13,15). The molecule has 1 aromatic carbocycles. The highest BCUT2D eigenvalue weighted by Gasteiger charge is 2.18. The highest BCUT2D eigenvalue weighted by atomic mass is 32.2. The Hall–Kier alpha value is -1.40. The van der Waals surface area contributed by atoms with E-state index in [1.54, 1.807) is 19.1 Å². The minimum atomic E-state index is -3.32. The number of likely N-dealkylation sites (N-methyl/N-ethyl adjacent to an activating group) is 1. The van der Waals surface area contributed by atoms with E-state index in [2.05, 4.69) is 5.32 Å². The molecule has 0 fully saturated rings. The molecule has 0 aliphatic carbocycles. The van der Waals surface area contributed by atoms with E-state index < -0.39 is 10.0 Å². The van der Waals surface area contributed by atoms with Crippen LogP contribution in [-0.4, -0.2) is 38.0 Å². The number of hydrogen-bond acceptors (Lipinski definition) is 3. The minimum Gasteiger partial charge on any atom is -0.325 e. The van der Waals surface area contributed by atoms with Gasteiger partial charge in [-0.05, 0) is 26.0 Å². The highest BCUT2D eigenvalue weighted by molar-refractivity contribution is 7.89. The van der Waals surface area contributed by atoms with Gasteiger partial charge in [0.05, 0.1) is 12.3 Å². The molecule has 6 heteroatoms. The first-order valence-corrected chi connectivity index (χ1v) is 7.26. The van der Waals surface area contributed by atoms with E-state index in [1.165, 1.54) is 7.05 Å². The molecule has 0 aliphatic rings. The zero-order chi connectivity index (χ0) is 13.8. The molecule has 0 spiro atoms. The summed E-state index contributed by atoms with van der Waals surface area (Å²) in [6.45, 7) is 3.32. The topological polar surface area (TPSA) is 66.5 Å². The maximum absolute atomic E-state index is 11.7. The van der Waals surface area contributed by atoms with E-state index in [1.807, 2.05) is 19.1 Å². The number of sulfonamides is 1. The molecule has 0 saturated heterocycles. The lowest BCUT2D eigenvalue weighted by Gasteiger charge is -2.15. The third-order valence-corrected chi connectivity index (χ3v) is 4.35. The molecular weight excluding hydrogens is 252 g/mol. The van der Waals surface area contributed by atoms with Gasteiger partial charge in [0.25, 0.3) is 0 Å². The maximum Gasteiger partial charge on any atom is 0.239 e. The van der Waals surface area contributed by atoms with Crippen molar-refractivity contribution in [2.45, 2.75) is 13.8 Å². The Morgan fingerprint density at radius 2 is 1.83 bits per heavy atom. The first-order chi connectivity index (χ1) is 8.35. The summed E-state index contributed by atoms with van der Waals surface area (Å²) in [7, 11) is -1.92.